The van der Waals surface area contributed by atoms with Gasteiger partial charge in [0.1, 0.15) is 5.82 Å². The zero-order chi connectivity index (χ0) is 19.5. The molecule has 0 aromatic heterocycles. The minimum absolute atomic E-state index is 0.0103. The number of halogens is 1. The van der Waals surface area contributed by atoms with Gasteiger partial charge in [-0.15, -0.1) is 0 Å². The highest BCUT2D eigenvalue weighted by molar-refractivity contribution is 5.83. The maximum atomic E-state index is 13.2. The maximum Gasteiger partial charge on any atom is 0.225 e. The second kappa shape index (κ2) is 8.13. The Bertz CT molecular complexity index is 861. The van der Waals surface area contributed by atoms with E-state index in [1.165, 1.54) is 12.1 Å². The van der Waals surface area contributed by atoms with Crippen molar-refractivity contribution in [1.82, 2.24) is 10.2 Å². The van der Waals surface area contributed by atoms with E-state index in [0.29, 0.717) is 26.1 Å². The molecule has 0 unspecified atom stereocenters. The SMILES string of the molecule is O=C1NCCN(C(=O)C2CCC2)C[C@H]1Cc1cccc(-c2ccc(F)cc2)c1. The Balaban J connectivity index is 1.49. The average molecular weight is 380 g/mol. The Morgan fingerprint density at radius 3 is 2.61 bits per heavy atom. The van der Waals surface area contributed by atoms with E-state index in [-0.39, 0.29) is 29.5 Å². The van der Waals surface area contributed by atoms with Gasteiger partial charge in [-0.2, -0.15) is 0 Å². The minimum Gasteiger partial charge on any atom is -0.354 e. The molecule has 146 valence electrons. The molecule has 1 aliphatic carbocycles. The normalized spacial score (nSPS) is 20.2. The van der Waals surface area contributed by atoms with Gasteiger partial charge in [0.2, 0.25) is 11.8 Å². The average Bonchev–Trinajstić information content (AvgIpc) is 2.83. The van der Waals surface area contributed by atoms with Crippen molar-refractivity contribution in [2.75, 3.05) is 19.6 Å². The molecule has 4 rings (SSSR count). The molecule has 0 radical (unpaired) electrons. The molecule has 1 heterocycles. The summed E-state index contributed by atoms with van der Waals surface area (Å²) in [6, 6.07) is 14.4. The number of carbonyl (C=O) groups is 2. The Hall–Kier alpha value is -2.69. The Morgan fingerprint density at radius 2 is 1.89 bits per heavy atom. The van der Waals surface area contributed by atoms with Gasteiger partial charge in [-0.05, 0) is 48.1 Å². The summed E-state index contributed by atoms with van der Waals surface area (Å²) in [5.41, 5.74) is 2.98. The number of nitrogens with zero attached hydrogens (tertiary/aromatic N) is 1. The van der Waals surface area contributed by atoms with Crippen molar-refractivity contribution >= 4 is 11.8 Å². The second-order valence-electron chi connectivity index (χ2n) is 7.81. The summed E-state index contributed by atoms with van der Waals surface area (Å²) in [4.78, 5) is 27.1. The summed E-state index contributed by atoms with van der Waals surface area (Å²) in [6.07, 6.45) is 3.65. The number of rotatable bonds is 4. The van der Waals surface area contributed by atoms with Crippen LogP contribution >= 0.6 is 0 Å². The van der Waals surface area contributed by atoms with Crippen LogP contribution in [-0.4, -0.2) is 36.3 Å². The third kappa shape index (κ3) is 4.08. The molecule has 0 spiro atoms. The van der Waals surface area contributed by atoms with Crippen LogP contribution in [0.25, 0.3) is 11.1 Å². The first kappa shape index (κ1) is 18.7. The number of hydrogen-bond acceptors (Lipinski definition) is 2. The number of hydrogen-bond donors (Lipinski definition) is 1. The second-order valence-corrected chi connectivity index (χ2v) is 7.81. The molecule has 0 bridgehead atoms. The zero-order valence-corrected chi connectivity index (χ0v) is 15.9. The first-order chi connectivity index (χ1) is 13.6. The van der Waals surface area contributed by atoms with E-state index in [2.05, 4.69) is 5.32 Å². The highest BCUT2D eigenvalue weighted by Gasteiger charge is 2.33. The lowest BCUT2D eigenvalue weighted by atomic mass is 9.84. The zero-order valence-electron chi connectivity index (χ0n) is 15.9. The fraction of sp³-hybridized carbons (Fsp3) is 0.391. The largest absolute Gasteiger partial charge is 0.354 e. The number of amides is 2. The van der Waals surface area contributed by atoms with Crippen molar-refractivity contribution in [3.63, 3.8) is 0 Å². The summed E-state index contributed by atoms with van der Waals surface area (Å²) in [7, 11) is 0. The van der Waals surface area contributed by atoms with E-state index < -0.39 is 0 Å². The molecule has 2 aromatic rings. The van der Waals surface area contributed by atoms with Crippen molar-refractivity contribution in [2.24, 2.45) is 11.8 Å². The first-order valence-corrected chi connectivity index (χ1v) is 10.0. The van der Waals surface area contributed by atoms with E-state index in [0.717, 1.165) is 36.0 Å². The van der Waals surface area contributed by atoms with Gasteiger partial charge in [-0.3, -0.25) is 9.59 Å². The molecular weight excluding hydrogens is 355 g/mol. The van der Waals surface area contributed by atoms with Crippen LogP contribution < -0.4 is 5.32 Å². The molecule has 2 amide bonds. The van der Waals surface area contributed by atoms with Crippen molar-refractivity contribution in [3.8, 4) is 11.1 Å². The summed E-state index contributed by atoms with van der Waals surface area (Å²) in [5.74, 6) is -0.152. The molecular formula is C23H25FN2O2. The van der Waals surface area contributed by atoms with Gasteiger partial charge in [-0.1, -0.05) is 42.8 Å². The molecule has 1 saturated heterocycles. The van der Waals surface area contributed by atoms with E-state index in [1.807, 2.05) is 29.2 Å². The summed E-state index contributed by atoms with van der Waals surface area (Å²) >= 11 is 0. The third-order valence-corrected chi connectivity index (χ3v) is 5.85. The van der Waals surface area contributed by atoms with Gasteiger partial charge in [-0.25, -0.2) is 4.39 Å². The highest BCUT2D eigenvalue weighted by atomic mass is 19.1. The molecule has 1 N–H and O–H groups in total. The highest BCUT2D eigenvalue weighted by Crippen LogP contribution is 2.29. The Morgan fingerprint density at radius 1 is 1.11 bits per heavy atom. The standard InChI is InChI=1S/C23H25FN2O2/c24-21-9-7-17(8-10-21)19-6-1-3-16(13-19)14-20-15-26(12-11-25-22(20)27)23(28)18-4-2-5-18/h1,3,6-10,13,18,20H,2,4-5,11-12,14-15H2,(H,25,27)/t20-/m1/s1. The van der Waals surface area contributed by atoms with E-state index in [4.69, 9.17) is 0 Å². The molecule has 5 heteroatoms. The van der Waals surface area contributed by atoms with Crippen LogP contribution in [0.2, 0.25) is 0 Å². The predicted octanol–water partition coefficient (Wildman–Crippen LogP) is 3.41. The molecule has 2 aliphatic rings. The molecule has 28 heavy (non-hydrogen) atoms. The molecule has 1 saturated carbocycles. The number of benzene rings is 2. The summed E-state index contributed by atoms with van der Waals surface area (Å²) in [6.45, 7) is 1.58. The molecule has 1 aliphatic heterocycles. The van der Waals surface area contributed by atoms with Crippen LogP contribution in [-0.2, 0) is 16.0 Å². The molecule has 2 fully saturated rings. The van der Waals surface area contributed by atoms with Gasteiger partial charge in [0.25, 0.3) is 0 Å². The van der Waals surface area contributed by atoms with E-state index in [1.54, 1.807) is 12.1 Å². The quantitative estimate of drug-likeness (QED) is 0.884. The van der Waals surface area contributed by atoms with Crippen molar-refractivity contribution < 1.29 is 14.0 Å². The topological polar surface area (TPSA) is 49.4 Å². The lowest BCUT2D eigenvalue weighted by molar-refractivity contribution is -0.138. The van der Waals surface area contributed by atoms with Gasteiger partial charge in [0.05, 0.1) is 5.92 Å². The third-order valence-electron chi connectivity index (χ3n) is 5.85. The van der Waals surface area contributed by atoms with Gasteiger partial charge < -0.3 is 10.2 Å². The summed E-state index contributed by atoms with van der Waals surface area (Å²) < 4.78 is 13.2. The van der Waals surface area contributed by atoms with E-state index >= 15 is 0 Å². The fourth-order valence-corrected chi connectivity index (χ4v) is 3.97. The Kier molecular flexibility index (Phi) is 5.42. The minimum atomic E-state index is -0.258. The lowest BCUT2D eigenvalue weighted by Gasteiger charge is -2.31. The van der Waals surface area contributed by atoms with Crippen LogP contribution in [0.4, 0.5) is 4.39 Å². The summed E-state index contributed by atoms with van der Waals surface area (Å²) in [5, 5.41) is 2.95. The first-order valence-electron chi connectivity index (χ1n) is 10.0. The van der Waals surface area contributed by atoms with Crippen LogP contribution in [0.3, 0.4) is 0 Å². The van der Waals surface area contributed by atoms with Crippen LogP contribution in [0.5, 0.6) is 0 Å². The van der Waals surface area contributed by atoms with Crippen molar-refractivity contribution in [2.45, 2.75) is 25.7 Å². The van der Waals surface area contributed by atoms with Gasteiger partial charge in [0, 0.05) is 25.6 Å². The monoisotopic (exact) mass is 380 g/mol. The predicted molar refractivity (Wildman–Crippen MR) is 106 cm³/mol. The Labute approximate surface area is 164 Å². The lowest BCUT2D eigenvalue weighted by Crippen LogP contribution is -2.42. The number of carbonyl (C=O) groups excluding carboxylic acids is 2. The van der Waals surface area contributed by atoms with Crippen LogP contribution in [0.1, 0.15) is 24.8 Å². The van der Waals surface area contributed by atoms with Crippen LogP contribution in [0.15, 0.2) is 48.5 Å². The van der Waals surface area contributed by atoms with Crippen LogP contribution in [0, 0.1) is 17.7 Å². The maximum absolute atomic E-state index is 13.2. The van der Waals surface area contributed by atoms with Crippen molar-refractivity contribution in [3.05, 3.63) is 59.9 Å². The number of nitrogens with one attached hydrogen (secondary N) is 1. The fourth-order valence-electron chi connectivity index (χ4n) is 3.97. The molecule has 4 nitrogen and oxygen atoms in total. The van der Waals surface area contributed by atoms with Crippen molar-refractivity contribution in [1.29, 1.82) is 0 Å². The van der Waals surface area contributed by atoms with Gasteiger partial charge in [0.15, 0.2) is 0 Å². The smallest absolute Gasteiger partial charge is 0.225 e. The van der Waals surface area contributed by atoms with Gasteiger partial charge >= 0.3 is 0 Å². The van der Waals surface area contributed by atoms with E-state index in [9.17, 15) is 14.0 Å². The molecule has 2 aromatic carbocycles. The molecule has 1 atom stereocenters.